The highest BCUT2D eigenvalue weighted by molar-refractivity contribution is 8.01. The number of nitrogens with zero attached hydrogens (tertiary/aromatic N) is 3. The summed E-state index contributed by atoms with van der Waals surface area (Å²) in [5.74, 6) is 0.939. The number of amides is 2. The lowest BCUT2D eigenvalue weighted by Gasteiger charge is -2.38. The Morgan fingerprint density at radius 1 is 1.19 bits per heavy atom. The minimum Gasteiger partial charge on any atom is -0.494 e. The van der Waals surface area contributed by atoms with Gasteiger partial charge in [-0.05, 0) is 50.3 Å². The molecule has 0 radical (unpaired) electrons. The van der Waals surface area contributed by atoms with Crippen molar-refractivity contribution in [3.63, 3.8) is 0 Å². The zero-order valence-corrected chi connectivity index (χ0v) is 27.5. The second-order valence-corrected chi connectivity index (χ2v) is 13.3. The molecule has 2 heterocycles. The van der Waals surface area contributed by atoms with Gasteiger partial charge in [0.15, 0.2) is 4.34 Å². The Morgan fingerprint density at radius 3 is 2.67 bits per heavy atom. The van der Waals surface area contributed by atoms with Gasteiger partial charge >= 0.3 is 0 Å². The maximum absolute atomic E-state index is 13.9. The van der Waals surface area contributed by atoms with E-state index < -0.39 is 18.3 Å². The number of rotatable bonds is 10. The molecule has 2 N–H and O–H groups in total. The molecule has 0 spiro atoms. The molecule has 43 heavy (non-hydrogen) atoms. The van der Waals surface area contributed by atoms with Crippen molar-refractivity contribution in [1.29, 1.82) is 0 Å². The molecule has 2 amide bonds. The summed E-state index contributed by atoms with van der Waals surface area (Å²) in [6, 6.07) is 5.52. The van der Waals surface area contributed by atoms with Crippen LogP contribution in [-0.4, -0.2) is 127 Å². The van der Waals surface area contributed by atoms with Gasteiger partial charge in [0.05, 0.1) is 29.2 Å². The SMILES string of the molecule is CCOc1ccc2nc(SCC(=O)N3CCCCOC[C@@H](O)[C@@H](O)[C@H](OC)CN(C(=O)COC)C[C@@H]3CC(C)C)sc2c1. The number of thioether (sulfide) groups is 1. The Kier molecular flexibility index (Phi) is 14.9. The number of ether oxygens (including phenoxy) is 4. The van der Waals surface area contributed by atoms with Crippen molar-refractivity contribution in [1.82, 2.24) is 14.8 Å². The lowest BCUT2D eigenvalue weighted by Crippen LogP contribution is -2.54. The third-order valence-corrected chi connectivity index (χ3v) is 9.38. The van der Waals surface area contributed by atoms with E-state index in [4.69, 9.17) is 23.9 Å². The normalized spacial score (nSPS) is 23.0. The molecule has 2 aromatic rings. The Bertz CT molecular complexity index is 1150. The summed E-state index contributed by atoms with van der Waals surface area (Å²) in [7, 11) is 2.88. The highest BCUT2D eigenvalue weighted by Gasteiger charge is 2.33. The molecular formula is C30H47N3O8S2. The average molecular weight is 642 g/mol. The van der Waals surface area contributed by atoms with Crippen LogP contribution in [0.15, 0.2) is 22.5 Å². The van der Waals surface area contributed by atoms with E-state index >= 15 is 0 Å². The van der Waals surface area contributed by atoms with Crippen molar-refractivity contribution in [3.8, 4) is 5.75 Å². The van der Waals surface area contributed by atoms with E-state index in [1.165, 1.54) is 37.3 Å². The smallest absolute Gasteiger partial charge is 0.248 e. The van der Waals surface area contributed by atoms with Gasteiger partial charge in [0.2, 0.25) is 11.8 Å². The Labute approximate surface area is 262 Å². The van der Waals surface area contributed by atoms with Crippen LogP contribution < -0.4 is 4.74 Å². The number of hydrogen-bond acceptors (Lipinski definition) is 11. The van der Waals surface area contributed by atoms with Crippen molar-refractivity contribution in [2.75, 3.05) is 66.0 Å². The first-order valence-corrected chi connectivity index (χ1v) is 16.7. The first kappa shape index (κ1) is 35.5. The van der Waals surface area contributed by atoms with E-state index in [0.29, 0.717) is 39.0 Å². The van der Waals surface area contributed by atoms with Gasteiger partial charge in [0.25, 0.3) is 0 Å². The molecule has 0 unspecified atom stereocenters. The number of hydrogen-bond donors (Lipinski definition) is 2. The topological polar surface area (TPSA) is 131 Å². The molecule has 0 aliphatic carbocycles. The molecule has 1 aromatic heterocycles. The van der Waals surface area contributed by atoms with Gasteiger partial charge in [-0.25, -0.2) is 4.98 Å². The minimum absolute atomic E-state index is 0.0255. The van der Waals surface area contributed by atoms with Crippen LogP contribution in [0, 0.1) is 5.92 Å². The van der Waals surface area contributed by atoms with E-state index in [-0.39, 0.29) is 55.8 Å². The average Bonchev–Trinajstić information content (AvgIpc) is 3.38. The molecule has 242 valence electrons. The monoisotopic (exact) mass is 641 g/mol. The maximum Gasteiger partial charge on any atom is 0.248 e. The number of aliphatic hydroxyl groups excluding tert-OH is 2. The molecule has 13 heteroatoms. The summed E-state index contributed by atoms with van der Waals surface area (Å²) in [6.07, 6.45) is -1.24. The first-order chi connectivity index (χ1) is 20.7. The van der Waals surface area contributed by atoms with E-state index in [9.17, 15) is 19.8 Å². The molecule has 0 bridgehead atoms. The van der Waals surface area contributed by atoms with E-state index in [2.05, 4.69) is 13.8 Å². The Balaban J connectivity index is 1.85. The van der Waals surface area contributed by atoms with Gasteiger partial charge in [-0.3, -0.25) is 9.59 Å². The maximum atomic E-state index is 13.9. The molecular weight excluding hydrogens is 594 g/mol. The minimum atomic E-state index is -1.26. The van der Waals surface area contributed by atoms with Gasteiger partial charge in [0, 0.05) is 46.5 Å². The van der Waals surface area contributed by atoms with Gasteiger partial charge in [-0.1, -0.05) is 25.6 Å². The molecule has 1 aliphatic heterocycles. The number of aromatic nitrogens is 1. The summed E-state index contributed by atoms with van der Waals surface area (Å²) >= 11 is 2.94. The number of carbonyl (C=O) groups is 2. The fraction of sp³-hybridized carbons (Fsp3) is 0.700. The largest absolute Gasteiger partial charge is 0.494 e. The first-order valence-electron chi connectivity index (χ1n) is 14.9. The Hall–Kier alpha value is -2.00. The van der Waals surface area contributed by atoms with Crippen LogP contribution in [0.4, 0.5) is 0 Å². The fourth-order valence-corrected chi connectivity index (χ4v) is 7.07. The van der Waals surface area contributed by atoms with E-state index in [0.717, 1.165) is 20.3 Å². The molecule has 1 fully saturated rings. The lowest BCUT2D eigenvalue weighted by atomic mass is 10.00. The van der Waals surface area contributed by atoms with Crippen molar-refractivity contribution >= 4 is 45.1 Å². The third kappa shape index (κ3) is 10.8. The highest BCUT2D eigenvalue weighted by Crippen LogP contribution is 2.32. The van der Waals surface area contributed by atoms with Crippen molar-refractivity contribution in [3.05, 3.63) is 18.2 Å². The van der Waals surface area contributed by atoms with E-state index in [1.807, 2.05) is 30.0 Å². The summed E-state index contributed by atoms with van der Waals surface area (Å²) in [5.41, 5.74) is 0.867. The van der Waals surface area contributed by atoms with Gasteiger partial charge in [-0.15, -0.1) is 11.3 Å². The number of carbonyl (C=O) groups excluding carboxylic acids is 2. The van der Waals surface area contributed by atoms with Crippen LogP contribution in [-0.2, 0) is 23.8 Å². The third-order valence-electron chi connectivity index (χ3n) is 7.23. The van der Waals surface area contributed by atoms with Crippen LogP contribution in [0.25, 0.3) is 10.2 Å². The van der Waals surface area contributed by atoms with Crippen LogP contribution >= 0.6 is 23.1 Å². The molecule has 1 aliphatic rings. The molecule has 3 rings (SSSR count). The Morgan fingerprint density at radius 2 is 1.98 bits per heavy atom. The molecule has 1 saturated heterocycles. The number of thiazole rings is 1. The number of fused-ring (bicyclic) bond motifs is 1. The van der Waals surface area contributed by atoms with Gasteiger partial charge < -0.3 is 39.0 Å². The number of aliphatic hydroxyl groups is 2. The summed E-state index contributed by atoms with van der Waals surface area (Å²) in [5, 5.41) is 21.3. The van der Waals surface area contributed by atoms with E-state index in [1.54, 1.807) is 4.90 Å². The second kappa shape index (κ2) is 18.1. The molecule has 0 saturated carbocycles. The predicted molar refractivity (Wildman–Crippen MR) is 168 cm³/mol. The second-order valence-electron chi connectivity index (χ2n) is 11.0. The standard InChI is InChI=1S/C30H47N3O8S2/c1-6-41-22-9-10-23-26(14-22)43-30(31-23)42-19-28(36)33-11-7-8-12-40-17-24(34)29(37)25(39-5)16-32(27(35)18-38-4)15-21(33)13-20(2)3/h9-10,14,20-21,24-25,29,34,37H,6-8,11-13,15-19H2,1-5H3/t21-,24+,25+,29+/m0/s1. The number of benzene rings is 1. The zero-order valence-electron chi connectivity index (χ0n) is 25.9. The molecule has 4 atom stereocenters. The summed E-state index contributed by atoms with van der Waals surface area (Å²) in [4.78, 5) is 35.3. The van der Waals surface area contributed by atoms with Crippen LogP contribution in [0.5, 0.6) is 5.75 Å². The summed E-state index contributed by atoms with van der Waals surface area (Å²) in [6.45, 7) is 7.67. The van der Waals surface area contributed by atoms with Crippen LogP contribution in [0.3, 0.4) is 0 Å². The van der Waals surface area contributed by atoms with Crippen molar-refractivity contribution in [2.24, 2.45) is 5.92 Å². The number of methoxy groups -OCH3 is 2. The van der Waals surface area contributed by atoms with Crippen LogP contribution in [0.2, 0.25) is 0 Å². The van der Waals surface area contributed by atoms with Crippen molar-refractivity contribution < 1.29 is 38.7 Å². The fourth-order valence-electron chi connectivity index (χ4n) is 5.09. The molecule has 1 aromatic carbocycles. The quantitative estimate of drug-likeness (QED) is 0.374. The van der Waals surface area contributed by atoms with Crippen molar-refractivity contribution in [2.45, 2.75) is 68.7 Å². The highest BCUT2D eigenvalue weighted by atomic mass is 32.2. The lowest BCUT2D eigenvalue weighted by molar-refractivity contribution is -0.145. The zero-order chi connectivity index (χ0) is 31.4. The predicted octanol–water partition coefficient (Wildman–Crippen LogP) is 3.05. The van der Waals surface area contributed by atoms with Crippen LogP contribution in [0.1, 0.15) is 40.0 Å². The molecule has 11 nitrogen and oxygen atoms in total. The van der Waals surface area contributed by atoms with Gasteiger partial charge in [-0.2, -0.15) is 0 Å². The van der Waals surface area contributed by atoms with Gasteiger partial charge in [0.1, 0.15) is 30.7 Å². The summed E-state index contributed by atoms with van der Waals surface area (Å²) < 4.78 is 23.7.